The molecule has 0 aromatic rings. The van der Waals surface area contributed by atoms with Crippen LogP contribution in [0.2, 0.25) is 0 Å². The van der Waals surface area contributed by atoms with E-state index < -0.39 is 11.8 Å². The fourth-order valence-electron chi connectivity index (χ4n) is 2.90. The Balaban J connectivity index is 1.78. The van der Waals surface area contributed by atoms with Crippen LogP contribution in [0.25, 0.3) is 0 Å². The highest BCUT2D eigenvalue weighted by Gasteiger charge is 2.33. The van der Waals surface area contributed by atoms with Crippen molar-refractivity contribution in [3.63, 3.8) is 0 Å². The van der Waals surface area contributed by atoms with E-state index in [1.807, 2.05) is 4.90 Å². The van der Waals surface area contributed by atoms with Gasteiger partial charge in [-0.1, -0.05) is 0 Å². The summed E-state index contributed by atoms with van der Waals surface area (Å²) in [5.41, 5.74) is 4.83. The molecular formula is C14H24N4O3. The Kier molecular flexibility index (Phi) is 4.82. The smallest absolute Gasteiger partial charge is 0.311 e. The quantitative estimate of drug-likeness (QED) is 0.657. The van der Waals surface area contributed by atoms with Gasteiger partial charge in [0, 0.05) is 31.7 Å². The van der Waals surface area contributed by atoms with Crippen LogP contribution >= 0.6 is 0 Å². The SMILES string of the molecule is CC1(NCC(=O)N2CCCC2)CCN(C(=O)C(N)=O)CC1. The number of hydrogen-bond acceptors (Lipinski definition) is 4. The van der Waals surface area contributed by atoms with E-state index in [0.717, 1.165) is 25.9 Å². The first kappa shape index (κ1) is 15.8. The number of likely N-dealkylation sites (tertiary alicyclic amines) is 2. The van der Waals surface area contributed by atoms with Crippen molar-refractivity contribution in [1.82, 2.24) is 15.1 Å². The van der Waals surface area contributed by atoms with E-state index in [1.54, 1.807) is 0 Å². The van der Waals surface area contributed by atoms with E-state index in [9.17, 15) is 14.4 Å². The predicted molar refractivity (Wildman–Crippen MR) is 77.2 cm³/mol. The number of piperidine rings is 1. The van der Waals surface area contributed by atoms with Crippen LogP contribution in [0.1, 0.15) is 32.6 Å². The first-order valence-corrected chi connectivity index (χ1v) is 7.53. The van der Waals surface area contributed by atoms with Gasteiger partial charge in [0.1, 0.15) is 0 Å². The highest BCUT2D eigenvalue weighted by Crippen LogP contribution is 2.21. The number of nitrogens with one attached hydrogen (secondary N) is 1. The molecular weight excluding hydrogens is 272 g/mol. The number of nitrogens with zero attached hydrogens (tertiary/aromatic N) is 2. The lowest BCUT2D eigenvalue weighted by Gasteiger charge is -2.39. The van der Waals surface area contributed by atoms with Gasteiger partial charge in [0.15, 0.2) is 0 Å². The van der Waals surface area contributed by atoms with E-state index in [-0.39, 0.29) is 11.4 Å². The largest absolute Gasteiger partial charge is 0.361 e. The summed E-state index contributed by atoms with van der Waals surface area (Å²) in [6, 6.07) is 0. The van der Waals surface area contributed by atoms with Gasteiger partial charge < -0.3 is 20.9 Å². The van der Waals surface area contributed by atoms with Gasteiger partial charge in [-0.05, 0) is 32.6 Å². The zero-order chi connectivity index (χ0) is 15.5. The van der Waals surface area contributed by atoms with Gasteiger partial charge in [-0.2, -0.15) is 0 Å². The number of amides is 3. The minimum Gasteiger partial charge on any atom is -0.361 e. The van der Waals surface area contributed by atoms with Crippen molar-refractivity contribution >= 4 is 17.7 Å². The predicted octanol–water partition coefficient (Wildman–Crippen LogP) is -0.935. The van der Waals surface area contributed by atoms with Crippen LogP contribution in [0.4, 0.5) is 0 Å². The summed E-state index contributed by atoms with van der Waals surface area (Å²) in [7, 11) is 0. The van der Waals surface area contributed by atoms with Gasteiger partial charge in [-0.3, -0.25) is 14.4 Å². The second-order valence-corrected chi connectivity index (χ2v) is 6.16. The molecule has 0 atom stereocenters. The van der Waals surface area contributed by atoms with Crippen molar-refractivity contribution in [3.8, 4) is 0 Å². The molecule has 7 nitrogen and oxygen atoms in total. The van der Waals surface area contributed by atoms with Gasteiger partial charge >= 0.3 is 11.8 Å². The topological polar surface area (TPSA) is 95.7 Å². The third-order valence-corrected chi connectivity index (χ3v) is 4.49. The van der Waals surface area contributed by atoms with Crippen LogP contribution < -0.4 is 11.1 Å². The molecule has 2 rings (SSSR count). The molecule has 3 N–H and O–H groups in total. The number of nitrogens with two attached hydrogens (primary N) is 1. The van der Waals surface area contributed by atoms with Crippen LogP contribution in [-0.4, -0.2) is 65.8 Å². The summed E-state index contributed by atoms with van der Waals surface area (Å²) in [5, 5.41) is 3.32. The van der Waals surface area contributed by atoms with Crippen molar-refractivity contribution in [3.05, 3.63) is 0 Å². The number of primary amides is 1. The second kappa shape index (κ2) is 6.43. The molecule has 2 fully saturated rings. The summed E-state index contributed by atoms with van der Waals surface area (Å²) in [6.45, 7) is 5.08. The molecule has 7 heteroatoms. The molecule has 0 radical (unpaired) electrons. The molecule has 2 saturated heterocycles. The Hall–Kier alpha value is -1.63. The van der Waals surface area contributed by atoms with Crippen LogP contribution in [0.5, 0.6) is 0 Å². The average molecular weight is 296 g/mol. The number of rotatable bonds is 3. The van der Waals surface area contributed by atoms with E-state index in [0.29, 0.717) is 32.5 Å². The highest BCUT2D eigenvalue weighted by molar-refractivity contribution is 6.34. The Morgan fingerprint density at radius 1 is 1.05 bits per heavy atom. The van der Waals surface area contributed by atoms with Gasteiger partial charge in [-0.25, -0.2) is 0 Å². The molecule has 0 aromatic carbocycles. The summed E-state index contributed by atoms with van der Waals surface area (Å²) < 4.78 is 0. The van der Waals surface area contributed by atoms with Crippen molar-refractivity contribution in [2.45, 2.75) is 38.1 Å². The first-order chi connectivity index (χ1) is 9.91. The first-order valence-electron chi connectivity index (χ1n) is 7.53. The van der Waals surface area contributed by atoms with E-state index in [1.165, 1.54) is 4.90 Å². The maximum Gasteiger partial charge on any atom is 0.311 e. The van der Waals surface area contributed by atoms with E-state index in [4.69, 9.17) is 5.73 Å². The van der Waals surface area contributed by atoms with Gasteiger partial charge in [0.25, 0.3) is 0 Å². The molecule has 2 heterocycles. The highest BCUT2D eigenvalue weighted by atomic mass is 16.2. The molecule has 0 bridgehead atoms. The number of hydrogen-bond donors (Lipinski definition) is 2. The average Bonchev–Trinajstić information content (AvgIpc) is 2.99. The fraction of sp³-hybridized carbons (Fsp3) is 0.786. The molecule has 0 spiro atoms. The Labute approximate surface area is 124 Å². The second-order valence-electron chi connectivity index (χ2n) is 6.16. The minimum absolute atomic E-state index is 0.143. The summed E-state index contributed by atoms with van der Waals surface area (Å²) in [5.74, 6) is -1.38. The molecule has 2 aliphatic rings. The lowest BCUT2D eigenvalue weighted by atomic mass is 9.89. The van der Waals surface area contributed by atoms with Crippen molar-refractivity contribution in [2.75, 3.05) is 32.7 Å². The van der Waals surface area contributed by atoms with Crippen molar-refractivity contribution in [2.24, 2.45) is 5.73 Å². The zero-order valence-corrected chi connectivity index (χ0v) is 12.6. The lowest BCUT2D eigenvalue weighted by molar-refractivity contribution is -0.145. The standard InChI is InChI=1S/C14H24N4O3/c1-14(16-10-11(19)17-6-2-3-7-17)4-8-18(9-5-14)13(21)12(15)20/h16H,2-10H2,1H3,(H2,15,20). The monoisotopic (exact) mass is 296 g/mol. The maximum atomic E-state index is 12.0. The zero-order valence-electron chi connectivity index (χ0n) is 12.6. The Morgan fingerprint density at radius 3 is 2.14 bits per heavy atom. The fourth-order valence-corrected chi connectivity index (χ4v) is 2.90. The van der Waals surface area contributed by atoms with Gasteiger partial charge in [0.2, 0.25) is 5.91 Å². The van der Waals surface area contributed by atoms with Gasteiger partial charge in [-0.15, -0.1) is 0 Å². The van der Waals surface area contributed by atoms with Crippen LogP contribution in [0, 0.1) is 0 Å². The molecule has 0 saturated carbocycles. The molecule has 3 amide bonds. The third kappa shape index (κ3) is 3.93. The van der Waals surface area contributed by atoms with Crippen LogP contribution in [-0.2, 0) is 14.4 Å². The molecule has 118 valence electrons. The molecule has 0 aliphatic carbocycles. The number of carbonyl (C=O) groups excluding carboxylic acids is 3. The van der Waals surface area contributed by atoms with Crippen LogP contribution in [0.15, 0.2) is 0 Å². The summed E-state index contributed by atoms with van der Waals surface area (Å²) in [6.07, 6.45) is 3.60. The molecule has 2 aliphatic heterocycles. The third-order valence-electron chi connectivity index (χ3n) is 4.49. The normalized spacial score (nSPS) is 21.4. The Morgan fingerprint density at radius 2 is 1.62 bits per heavy atom. The van der Waals surface area contributed by atoms with Crippen molar-refractivity contribution < 1.29 is 14.4 Å². The lowest BCUT2D eigenvalue weighted by Crippen LogP contribution is -2.56. The van der Waals surface area contributed by atoms with E-state index >= 15 is 0 Å². The summed E-state index contributed by atoms with van der Waals surface area (Å²) in [4.78, 5) is 37.8. The van der Waals surface area contributed by atoms with Crippen molar-refractivity contribution in [1.29, 1.82) is 0 Å². The Bertz CT molecular complexity index is 424. The maximum absolute atomic E-state index is 12.0. The molecule has 21 heavy (non-hydrogen) atoms. The van der Waals surface area contributed by atoms with E-state index in [2.05, 4.69) is 12.2 Å². The molecule has 0 unspecified atom stereocenters. The van der Waals surface area contributed by atoms with Gasteiger partial charge in [0.05, 0.1) is 6.54 Å². The molecule has 0 aromatic heterocycles. The van der Waals surface area contributed by atoms with Crippen LogP contribution in [0.3, 0.4) is 0 Å². The summed E-state index contributed by atoms with van der Waals surface area (Å²) >= 11 is 0. The number of carbonyl (C=O) groups is 3. The minimum atomic E-state index is -0.907.